The molecule has 7 nitrogen and oxygen atoms in total. The van der Waals surface area contributed by atoms with Crippen LogP contribution in [0.3, 0.4) is 0 Å². The predicted octanol–water partition coefficient (Wildman–Crippen LogP) is -0.765. The molecule has 1 aromatic rings. The van der Waals surface area contributed by atoms with Gasteiger partial charge >= 0.3 is 0 Å². The van der Waals surface area contributed by atoms with Gasteiger partial charge in [0.25, 0.3) is 5.91 Å². The van der Waals surface area contributed by atoms with E-state index in [1.807, 2.05) is 5.01 Å². The number of hydrazine groups is 1. The van der Waals surface area contributed by atoms with Gasteiger partial charge < -0.3 is 15.9 Å². The molecule has 2 rings (SSSR count). The molecular weight excluding hydrogens is 210 g/mol. The number of carbonyl (C=O) groups is 1. The minimum Gasteiger partial charge on any atom is -0.379 e. The van der Waals surface area contributed by atoms with Gasteiger partial charge in [-0.05, 0) is 12.1 Å². The van der Waals surface area contributed by atoms with Crippen molar-refractivity contribution in [3.05, 3.63) is 17.8 Å². The number of rotatable bonds is 3. The second-order valence-corrected chi connectivity index (χ2v) is 3.38. The lowest BCUT2D eigenvalue weighted by Gasteiger charge is -2.27. The zero-order valence-corrected chi connectivity index (χ0v) is 8.72. The molecule has 0 radical (unpaired) electrons. The number of nitrogens with one attached hydrogen (secondary N) is 1. The van der Waals surface area contributed by atoms with Crippen LogP contribution in [0.25, 0.3) is 0 Å². The van der Waals surface area contributed by atoms with Gasteiger partial charge in [0.05, 0.1) is 13.2 Å². The second-order valence-electron chi connectivity index (χ2n) is 3.38. The van der Waals surface area contributed by atoms with E-state index in [4.69, 9.17) is 10.5 Å². The van der Waals surface area contributed by atoms with Crippen LogP contribution in [-0.2, 0) is 4.74 Å². The number of amides is 1. The van der Waals surface area contributed by atoms with E-state index in [0.717, 1.165) is 13.1 Å². The van der Waals surface area contributed by atoms with Crippen molar-refractivity contribution in [2.45, 2.75) is 0 Å². The summed E-state index contributed by atoms with van der Waals surface area (Å²) >= 11 is 0. The maximum absolute atomic E-state index is 10.8. The Labute approximate surface area is 92.6 Å². The van der Waals surface area contributed by atoms with E-state index in [1.54, 1.807) is 6.07 Å². The molecule has 1 aliphatic heterocycles. The number of nitrogens with two attached hydrogens (primary N) is 1. The molecule has 1 aromatic heterocycles. The van der Waals surface area contributed by atoms with Gasteiger partial charge in [0.15, 0.2) is 11.5 Å². The molecule has 3 N–H and O–H groups in total. The van der Waals surface area contributed by atoms with Gasteiger partial charge in [-0.1, -0.05) is 0 Å². The molecular formula is C9H13N5O2. The smallest absolute Gasteiger partial charge is 0.269 e. The van der Waals surface area contributed by atoms with Gasteiger partial charge in [-0.3, -0.25) is 4.79 Å². The maximum atomic E-state index is 10.8. The number of morpholine rings is 1. The first-order valence-electron chi connectivity index (χ1n) is 4.98. The van der Waals surface area contributed by atoms with Gasteiger partial charge in [-0.25, -0.2) is 5.01 Å². The SMILES string of the molecule is NC(=O)c1ccc(NN2CCOCC2)nn1. The molecule has 0 saturated carbocycles. The van der Waals surface area contributed by atoms with E-state index in [0.29, 0.717) is 19.0 Å². The molecule has 0 aromatic carbocycles. The Morgan fingerprint density at radius 2 is 2.12 bits per heavy atom. The van der Waals surface area contributed by atoms with Crippen LogP contribution in [0.4, 0.5) is 5.82 Å². The summed E-state index contributed by atoms with van der Waals surface area (Å²) in [4.78, 5) is 10.8. The summed E-state index contributed by atoms with van der Waals surface area (Å²) in [6.07, 6.45) is 0. The number of anilines is 1. The van der Waals surface area contributed by atoms with Crippen LogP contribution in [0.1, 0.15) is 10.5 Å². The van der Waals surface area contributed by atoms with E-state index >= 15 is 0 Å². The molecule has 7 heteroatoms. The third-order valence-corrected chi connectivity index (χ3v) is 2.20. The minimum atomic E-state index is -0.578. The molecule has 0 aliphatic carbocycles. The number of carbonyl (C=O) groups excluding carboxylic acids is 1. The molecule has 86 valence electrons. The summed E-state index contributed by atoms with van der Waals surface area (Å²) in [5.41, 5.74) is 8.29. The van der Waals surface area contributed by atoms with Crippen molar-refractivity contribution in [3.8, 4) is 0 Å². The molecule has 16 heavy (non-hydrogen) atoms. The molecule has 0 unspecified atom stereocenters. The van der Waals surface area contributed by atoms with Crippen LogP contribution in [0, 0.1) is 0 Å². The number of aromatic nitrogens is 2. The fourth-order valence-electron chi connectivity index (χ4n) is 1.36. The van der Waals surface area contributed by atoms with Crippen LogP contribution < -0.4 is 11.2 Å². The fraction of sp³-hybridized carbons (Fsp3) is 0.444. The third kappa shape index (κ3) is 2.65. The van der Waals surface area contributed by atoms with Crippen molar-refractivity contribution in [1.29, 1.82) is 0 Å². The van der Waals surface area contributed by atoms with Crippen molar-refractivity contribution < 1.29 is 9.53 Å². The van der Waals surface area contributed by atoms with Crippen LogP contribution >= 0.6 is 0 Å². The van der Waals surface area contributed by atoms with Crippen LogP contribution in [0.2, 0.25) is 0 Å². The first-order valence-corrected chi connectivity index (χ1v) is 4.98. The van der Waals surface area contributed by atoms with Crippen molar-refractivity contribution in [2.75, 3.05) is 31.7 Å². The summed E-state index contributed by atoms with van der Waals surface area (Å²) in [7, 11) is 0. The molecule has 1 fully saturated rings. The van der Waals surface area contributed by atoms with Crippen LogP contribution in [-0.4, -0.2) is 47.4 Å². The van der Waals surface area contributed by atoms with Crippen molar-refractivity contribution in [3.63, 3.8) is 0 Å². The highest BCUT2D eigenvalue weighted by Crippen LogP contribution is 2.04. The van der Waals surface area contributed by atoms with Gasteiger partial charge in [0, 0.05) is 13.1 Å². The Bertz CT molecular complexity index is 361. The topological polar surface area (TPSA) is 93.4 Å². The monoisotopic (exact) mass is 223 g/mol. The average Bonchev–Trinajstić information content (AvgIpc) is 2.31. The molecule has 1 saturated heterocycles. The third-order valence-electron chi connectivity index (χ3n) is 2.20. The highest BCUT2D eigenvalue weighted by atomic mass is 16.5. The molecule has 2 heterocycles. The van der Waals surface area contributed by atoms with Crippen molar-refractivity contribution in [2.24, 2.45) is 5.73 Å². The zero-order chi connectivity index (χ0) is 11.4. The maximum Gasteiger partial charge on any atom is 0.269 e. The highest BCUT2D eigenvalue weighted by Gasteiger charge is 2.11. The van der Waals surface area contributed by atoms with E-state index in [-0.39, 0.29) is 5.69 Å². The Kier molecular flexibility index (Phi) is 3.28. The molecule has 1 amide bonds. The van der Waals surface area contributed by atoms with Gasteiger partial charge in [-0.15, -0.1) is 10.2 Å². The molecule has 0 atom stereocenters. The Balaban J connectivity index is 1.96. The van der Waals surface area contributed by atoms with Crippen LogP contribution in [0.5, 0.6) is 0 Å². The van der Waals surface area contributed by atoms with E-state index in [2.05, 4.69) is 15.6 Å². The predicted molar refractivity (Wildman–Crippen MR) is 56.6 cm³/mol. The summed E-state index contributed by atoms with van der Waals surface area (Å²) < 4.78 is 5.21. The first-order chi connectivity index (χ1) is 7.75. The number of primary amides is 1. The highest BCUT2D eigenvalue weighted by molar-refractivity contribution is 5.90. The van der Waals surface area contributed by atoms with Crippen molar-refractivity contribution >= 4 is 11.7 Å². The summed E-state index contributed by atoms with van der Waals surface area (Å²) in [6, 6.07) is 3.21. The molecule has 0 spiro atoms. The minimum absolute atomic E-state index is 0.160. The van der Waals surface area contributed by atoms with Crippen LogP contribution in [0.15, 0.2) is 12.1 Å². The van der Waals surface area contributed by atoms with E-state index in [9.17, 15) is 4.79 Å². The Morgan fingerprint density at radius 3 is 2.69 bits per heavy atom. The normalized spacial score (nSPS) is 17.0. The number of hydrogen-bond acceptors (Lipinski definition) is 6. The lowest BCUT2D eigenvalue weighted by molar-refractivity contribution is 0.0494. The quantitative estimate of drug-likeness (QED) is 0.699. The van der Waals surface area contributed by atoms with E-state index < -0.39 is 5.91 Å². The average molecular weight is 223 g/mol. The lowest BCUT2D eigenvalue weighted by Crippen LogP contribution is -2.40. The van der Waals surface area contributed by atoms with E-state index in [1.165, 1.54) is 6.07 Å². The van der Waals surface area contributed by atoms with Gasteiger partial charge in [0.1, 0.15) is 0 Å². The summed E-state index contributed by atoms with van der Waals surface area (Å²) in [6.45, 7) is 2.97. The number of nitrogens with zero attached hydrogens (tertiary/aromatic N) is 3. The number of ether oxygens (including phenoxy) is 1. The molecule has 0 bridgehead atoms. The fourth-order valence-corrected chi connectivity index (χ4v) is 1.36. The standard InChI is InChI=1S/C9H13N5O2/c10-9(15)7-1-2-8(12-11-7)13-14-3-5-16-6-4-14/h1-2H,3-6H2,(H2,10,15)(H,12,13). The van der Waals surface area contributed by atoms with Gasteiger partial charge in [0.2, 0.25) is 0 Å². The zero-order valence-electron chi connectivity index (χ0n) is 8.72. The largest absolute Gasteiger partial charge is 0.379 e. The Hall–Kier alpha value is -1.73. The summed E-state index contributed by atoms with van der Waals surface area (Å²) in [5.74, 6) is 0.0114. The summed E-state index contributed by atoms with van der Waals surface area (Å²) in [5, 5.41) is 9.53. The Morgan fingerprint density at radius 1 is 1.38 bits per heavy atom. The second kappa shape index (κ2) is 4.86. The van der Waals surface area contributed by atoms with Gasteiger partial charge in [-0.2, -0.15) is 0 Å². The lowest BCUT2D eigenvalue weighted by atomic mass is 10.4. The number of hydrogen-bond donors (Lipinski definition) is 2. The first kappa shape index (κ1) is 10.8. The molecule has 1 aliphatic rings. The van der Waals surface area contributed by atoms with Crippen molar-refractivity contribution in [1.82, 2.24) is 15.2 Å².